The van der Waals surface area contributed by atoms with Crippen LogP contribution in [0.15, 0.2) is 24.3 Å². The van der Waals surface area contributed by atoms with Gasteiger partial charge in [-0.2, -0.15) is 0 Å². The van der Waals surface area contributed by atoms with Crippen LogP contribution in [0.2, 0.25) is 0 Å². The van der Waals surface area contributed by atoms with Crippen LogP contribution in [0.4, 0.5) is 0 Å². The van der Waals surface area contributed by atoms with Crippen LogP contribution in [0, 0.1) is 0 Å². The average molecular weight is 257 g/mol. The molecular formula is C10H12NO5P-2. The fraction of sp³-hybridized carbons (Fsp3) is 0.300. The highest BCUT2D eigenvalue weighted by Crippen LogP contribution is 2.31. The zero-order valence-electron chi connectivity index (χ0n) is 9.00. The van der Waals surface area contributed by atoms with Crippen LogP contribution < -0.4 is 20.6 Å². The zero-order chi connectivity index (χ0) is 13.1. The lowest BCUT2D eigenvalue weighted by Crippen LogP contribution is -2.69. The van der Waals surface area contributed by atoms with E-state index >= 15 is 0 Å². The Morgan fingerprint density at radius 2 is 1.82 bits per heavy atom. The van der Waals surface area contributed by atoms with E-state index in [1.165, 1.54) is 6.07 Å². The van der Waals surface area contributed by atoms with Gasteiger partial charge in [-0.1, -0.05) is 31.9 Å². The molecular weight excluding hydrogens is 245 g/mol. The molecule has 0 saturated carbocycles. The number of quaternary nitrogens is 1. The van der Waals surface area contributed by atoms with E-state index in [9.17, 15) is 24.3 Å². The Hall–Kier alpha value is -1.20. The lowest BCUT2D eigenvalue weighted by atomic mass is 10.0. The Balaban J connectivity index is 2.92. The van der Waals surface area contributed by atoms with Gasteiger partial charge in [0, 0.05) is 12.6 Å². The maximum absolute atomic E-state index is 10.7. The third kappa shape index (κ3) is 4.66. The molecule has 0 aliphatic carbocycles. The number of benzene rings is 1. The van der Waals surface area contributed by atoms with E-state index in [-0.39, 0.29) is 6.42 Å². The third-order valence-corrected chi connectivity index (χ3v) is 3.01. The molecule has 17 heavy (non-hydrogen) atoms. The second kappa shape index (κ2) is 5.42. The van der Waals surface area contributed by atoms with Gasteiger partial charge >= 0.3 is 0 Å². The summed E-state index contributed by atoms with van der Waals surface area (Å²) in [6.45, 7) is 0. The number of carbonyl (C=O) groups is 1. The Kier molecular flexibility index (Phi) is 4.42. The van der Waals surface area contributed by atoms with Crippen LogP contribution in [0.1, 0.15) is 11.1 Å². The molecule has 94 valence electrons. The molecule has 0 bridgehead atoms. The highest BCUT2D eigenvalue weighted by atomic mass is 31.2. The van der Waals surface area contributed by atoms with Crippen molar-refractivity contribution >= 4 is 13.6 Å². The fourth-order valence-electron chi connectivity index (χ4n) is 1.47. The van der Waals surface area contributed by atoms with E-state index < -0.39 is 25.8 Å². The molecule has 1 aromatic carbocycles. The first-order chi connectivity index (χ1) is 7.79. The number of aliphatic carboxylic acids is 1. The van der Waals surface area contributed by atoms with Crippen molar-refractivity contribution in [2.24, 2.45) is 0 Å². The van der Waals surface area contributed by atoms with E-state index in [1.807, 2.05) is 0 Å². The van der Waals surface area contributed by atoms with Crippen LogP contribution in [-0.2, 0) is 21.9 Å². The molecule has 7 heteroatoms. The summed E-state index contributed by atoms with van der Waals surface area (Å²) in [7, 11) is -4.67. The van der Waals surface area contributed by atoms with Crippen LogP contribution >= 0.6 is 7.60 Å². The predicted molar refractivity (Wildman–Crippen MR) is 53.1 cm³/mol. The zero-order valence-corrected chi connectivity index (χ0v) is 9.89. The maximum atomic E-state index is 10.7. The molecule has 1 atom stereocenters. The lowest BCUT2D eigenvalue weighted by molar-refractivity contribution is -0.437. The quantitative estimate of drug-likeness (QED) is 0.561. The van der Waals surface area contributed by atoms with Crippen molar-refractivity contribution in [1.29, 1.82) is 0 Å². The number of rotatable bonds is 5. The minimum Gasteiger partial charge on any atom is -0.810 e. The molecule has 1 rings (SSSR count). The molecule has 0 heterocycles. The third-order valence-electron chi connectivity index (χ3n) is 2.28. The fourth-order valence-corrected chi connectivity index (χ4v) is 2.19. The van der Waals surface area contributed by atoms with Crippen molar-refractivity contribution in [3.05, 3.63) is 35.4 Å². The number of hydrogen-bond acceptors (Lipinski definition) is 5. The van der Waals surface area contributed by atoms with Crippen molar-refractivity contribution in [1.82, 2.24) is 0 Å². The SMILES string of the molecule is [NH3+][C@H](Cc1ccccc1CP(=O)([O-])[O-])C(=O)[O-]. The highest BCUT2D eigenvalue weighted by molar-refractivity contribution is 7.47. The summed E-state index contributed by atoms with van der Waals surface area (Å²) in [5, 5.41) is 10.5. The Morgan fingerprint density at radius 1 is 1.29 bits per heavy atom. The molecule has 0 spiro atoms. The van der Waals surface area contributed by atoms with Gasteiger partial charge in [0.15, 0.2) is 0 Å². The van der Waals surface area contributed by atoms with Crippen molar-refractivity contribution in [3.63, 3.8) is 0 Å². The van der Waals surface area contributed by atoms with Crippen molar-refractivity contribution in [2.45, 2.75) is 18.6 Å². The molecule has 6 nitrogen and oxygen atoms in total. The monoisotopic (exact) mass is 257 g/mol. The molecule has 0 aliphatic heterocycles. The molecule has 0 unspecified atom stereocenters. The van der Waals surface area contributed by atoms with Crippen molar-refractivity contribution in [2.75, 3.05) is 0 Å². The molecule has 1 aromatic rings. The minimum absolute atomic E-state index is 0.0402. The van der Waals surface area contributed by atoms with Crippen LogP contribution in [0.3, 0.4) is 0 Å². The van der Waals surface area contributed by atoms with E-state index in [2.05, 4.69) is 5.73 Å². The first-order valence-electron chi connectivity index (χ1n) is 4.91. The summed E-state index contributed by atoms with van der Waals surface area (Å²) in [6.07, 6.45) is -0.582. The van der Waals surface area contributed by atoms with E-state index in [0.717, 1.165) is 0 Å². The summed E-state index contributed by atoms with van der Waals surface area (Å²) < 4.78 is 10.7. The van der Waals surface area contributed by atoms with E-state index in [4.69, 9.17) is 0 Å². The topological polar surface area (TPSA) is 131 Å². The molecule has 0 fully saturated rings. The second-order valence-electron chi connectivity index (χ2n) is 3.76. The van der Waals surface area contributed by atoms with Crippen molar-refractivity contribution < 1.29 is 30.0 Å². The summed E-state index contributed by atoms with van der Waals surface area (Å²) in [5.74, 6) is -1.31. The summed E-state index contributed by atoms with van der Waals surface area (Å²) >= 11 is 0. The van der Waals surface area contributed by atoms with E-state index in [0.29, 0.717) is 11.1 Å². The standard InChI is InChI=1S/C10H14NO5P/c11-9(10(12)13)5-7-3-1-2-4-8(7)6-17(14,15)16/h1-4,9H,5-6,11H2,(H,12,13)(H2,14,15,16)/p-2/t9-/m1/s1. The molecule has 3 N–H and O–H groups in total. The van der Waals surface area contributed by atoms with Crippen LogP contribution in [0.5, 0.6) is 0 Å². The Bertz CT molecular complexity index is 456. The smallest absolute Gasteiger partial charge is 0.129 e. The second-order valence-corrected chi connectivity index (χ2v) is 5.30. The van der Waals surface area contributed by atoms with Gasteiger partial charge in [0.2, 0.25) is 0 Å². The average Bonchev–Trinajstić information content (AvgIpc) is 2.18. The van der Waals surface area contributed by atoms with Crippen LogP contribution in [0.25, 0.3) is 0 Å². The maximum Gasteiger partial charge on any atom is 0.129 e. The number of carbonyl (C=O) groups excluding carboxylic acids is 1. The first-order valence-corrected chi connectivity index (χ1v) is 6.64. The number of carboxylic acids is 1. The van der Waals surface area contributed by atoms with E-state index in [1.54, 1.807) is 18.2 Å². The molecule has 0 aromatic heterocycles. The molecule has 0 amide bonds. The van der Waals surface area contributed by atoms with Gasteiger partial charge in [-0.25, -0.2) is 0 Å². The Labute approximate surface area is 98.2 Å². The van der Waals surface area contributed by atoms with Gasteiger partial charge in [-0.05, 0) is 11.1 Å². The van der Waals surface area contributed by atoms with Crippen LogP contribution in [-0.4, -0.2) is 12.0 Å². The summed E-state index contributed by atoms with van der Waals surface area (Å²) in [4.78, 5) is 31.9. The lowest BCUT2D eigenvalue weighted by Gasteiger charge is -2.30. The van der Waals surface area contributed by atoms with Crippen molar-refractivity contribution in [3.8, 4) is 0 Å². The molecule has 0 aliphatic rings. The van der Waals surface area contributed by atoms with Gasteiger partial charge in [0.1, 0.15) is 6.04 Å². The number of carboxylic acid groups (broad SMARTS) is 1. The van der Waals surface area contributed by atoms with Gasteiger partial charge in [0.25, 0.3) is 0 Å². The predicted octanol–water partition coefficient (Wildman–Crippen LogP) is -3.00. The minimum atomic E-state index is -4.67. The summed E-state index contributed by atoms with van der Waals surface area (Å²) in [5.41, 5.74) is 4.19. The summed E-state index contributed by atoms with van der Waals surface area (Å²) in [6, 6.07) is 5.31. The molecule has 0 radical (unpaired) electrons. The van der Waals surface area contributed by atoms with Gasteiger partial charge in [-0.3, -0.25) is 0 Å². The Morgan fingerprint density at radius 3 is 2.29 bits per heavy atom. The highest BCUT2D eigenvalue weighted by Gasteiger charge is 2.11. The number of hydrogen-bond donors (Lipinski definition) is 1. The van der Waals surface area contributed by atoms with Gasteiger partial charge in [-0.15, -0.1) is 0 Å². The first kappa shape index (κ1) is 13.9. The van der Waals surface area contributed by atoms with Gasteiger partial charge < -0.3 is 30.0 Å². The largest absolute Gasteiger partial charge is 0.810 e. The van der Waals surface area contributed by atoms with Gasteiger partial charge in [0.05, 0.1) is 5.97 Å². The molecule has 0 saturated heterocycles. The normalized spacial score (nSPS) is 13.4.